The molecular weight excluding hydrogens is 314 g/mol. The number of para-hydroxylation sites is 2. The van der Waals surface area contributed by atoms with Crippen LogP contribution in [-0.4, -0.2) is 25.0 Å². The highest BCUT2D eigenvalue weighted by Gasteiger charge is 2.17. The monoisotopic (exact) mass is 327 g/mol. The van der Waals surface area contributed by atoms with Crippen LogP contribution in [0.1, 0.15) is 13.3 Å². The van der Waals surface area contributed by atoms with Gasteiger partial charge in [0.25, 0.3) is 10.0 Å². The predicted molar refractivity (Wildman–Crippen MR) is 80.1 cm³/mol. The van der Waals surface area contributed by atoms with E-state index in [2.05, 4.69) is 14.7 Å². The van der Waals surface area contributed by atoms with Gasteiger partial charge in [-0.2, -0.15) is 0 Å². The van der Waals surface area contributed by atoms with Gasteiger partial charge in [0, 0.05) is 0 Å². The molecule has 1 aromatic carbocycles. The Hall–Kier alpha value is -1.86. The molecule has 0 aliphatic heterocycles. The highest BCUT2D eigenvalue weighted by molar-refractivity contribution is 7.92. The number of hydrogen-bond acceptors (Lipinski definition) is 5. The fourth-order valence-corrected chi connectivity index (χ4v) is 2.59. The van der Waals surface area contributed by atoms with Crippen LogP contribution in [-0.2, 0) is 10.0 Å². The molecule has 0 aliphatic rings. The molecule has 8 heteroatoms. The first-order valence-electron chi connectivity index (χ1n) is 6.25. The number of hydrogen-bond donors (Lipinski definition) is 1. The molecule has 0 bridgehead atoms. The van der Waals surface area contributed by atoms with E-state index in [0.29, 0.717) is 18.0 Å². The van der Waals surface area contributed by atoms with Gasteiger partial charge in [-0.25, -0.2) is 18.4 Å². The molecule has 6 nitrogen and oxygen atoms in total. The van der Waals surface area contributed by atoms with Crippen LogP contribution in [0, 0.1) is 0 Å². The molecule has 1 aromatic heterocycles. The van der Waals surface area contributed by atoms with Crippen molar-refractivity contribution >= 4 is 27.3 Å². The number of nitrogens with one attached hydrogen (secondary N) is 1. The van der Waals surface area contributed by atoms with Crippen molar-refractivity contribution in [2.24, 2.45) is 0 Å². The van der Waals surface area contributed by atoms with Crippen LogP contribution in [0.2, 0.25) is 5.28 Å². The van der Waals surface area contributed by atoms with Crippen LogP contribution >= 0.6 is 11.6 Å². The van der Waals surface area contributed by atoms with Crippen LogP contribution in [0.3, 0.4) is 0 Å². The maximum absolute atomic E-state index is 12.2. The van der Waals surface area contributed by atoms with Crippen LogP contribution in [0.5, 0.6) is 5.75 Å². The fourth-order valence-electron chi connectivity index (χ4n) is 1.53. The second kappa shape index (κ2) is 6.73. The third kappa shape index (κ3) is 4.05. The number of anilines is 1. The number of benzene rings is 1. The van der Waals surface area contributed by atoms with Gasteiger partial charge in [-0.05, 0) is 30.2 Å². The van der Waals surface area contributed by atoms with Crippen LogP contribution < -0.4 is 9.46 Å². The lowest BCUT2D eigenvalue weighted by Gasteiger charge is -2.12. The lowest BCUT2D eigenvalue weighted by molar-refractivity contribution is 0.319. The van der Waals surface area contributed by atoms with Crippen molar-refractivity contribution in [2.75, 3.05) is 11.3 Å². The largest absolute Gasteiger partial charge is 0.491 e. The molecule has 0 fully saturated rings. The maximum Gasteiger partial charge on any atom is 0.265 e. The van der Waals surface area contributed by atoms with Crippen molar-refractivity contribution in [3.8, 4) is 5.75 Å². The van der Waals surface area contributed by atoms with Crippen molar-refractivity contribution in [2.45, 2.75) is 18.2 Å². The molecule has 0 aliphatic carbocycles. The van der Waals surface area contributed by atoms with Gasteiger partial charge in [0.1, 0.15) is 10.6 Å². The number of aromatic nitrogens is 2. The van der Waals surface area contributed by atoms with E-state index in [9.17, 15) is 8.42 Å². The zero-order valence-corrected chi connectivity index (χ0v) is 12.9. The standard InChI is InChI=1S/C13H14ClN3O3S/c1-2-7-20-12-6-4-3-5-11(12)17-21(18,19)10-8-15-13(14)16-9-10/h3-6,8-9,17H,2,7H2,1H3. The molecule has 0 radical (unpaired) electrons. The van der Waals surface area contributed by atoms with Gasteiger partial charge >= 0.3 is 0 Å². The summed E-state index contributed by atoms with van der Waals surface area (Å²) in [6.07, 6.45) is 3.12. The smallest absolute Gasteiger partial charge is 0.265 e. The fraction of sp³-hybridized carbons (Fsp3) is 0.231. The SMILES string of the molecule is CCCOc1ccccc1NS(=O)(=O)c1cnc(Cl)nc1. The third-order valence-electron chi connectivity index (χ3n) is 2.50. The normalized spacial score (nSPS) is 11.1. The van der Waals surface area contributed by atoms with E-state index in [1.807, 2.05) is 6.92 Å². The second-order valence-corrected chi connectivity index (χ2v) is 6.16. The Kier molecular flexibility index (Phi) is 4.98. The quantitative estimate of drug-likeness (QED) is 0.825. The van der Waals surface area contributed by atoms with Gasteiger partial charge in [-0.15, -0.1) is 0 Å². The Morgan fingerprint density at radius 1 is 1.24 bits per heavy atom. The summed E-state index contributed by atoms with van der Waals surface area (Å²) in [7, 11) is -3.79. The number of sulfonamides is 1. The first-order chi connectivity index (χ1) is 10.0. The molecule has 0 unspecified atom stereocenters. The van der Waals surface area contributed by atoms with Gasteiger partial charge < -0.3 is 4.74 Å². The number of rotatable bonds is 6. The zero-order chi connectivity index (χ0) is 15.3. The summed E-state index contributed by atoms with van der Waals surface area (Å²) in [4.78, 5) is 7.25. The summed E-state index contributed by atoms with van der Waals surface area (Å²) in [5, 5.41) is -0.0133. The maximum atomic E-state index is 12.2. The molecule has 0 atom stereocenters. The van der Waals surface area contributed by atoms with Crippen molar-refractivity contribution in [3.05, 3.63) is 41.9 Å². The summed E-state index contributed by atoms with van der Waals surface area (Å²) >= 11 is 5.55. The number of nitrogens with zero attached hydrogens (tertiary/aromatic N) is 2. The first kappa shape index (κ1) is 15.5. The summed E-state index contributed by atoms with van der Waals surface area (Å²) in [5.74, 6) is 0.470. The Bertz CT molecular complexity index is 705. The van der Waals surface area contributed by atoms with Crippen molar-refractivity contribution in [1.82, 2.24) is 9.97 Å². The molecule has 0 saturated carbocycles. The number of ether oxygens (including phenoxy) is 1. The highest BCUT2D eigenvalue weighted by atomic mass is 35.5. The summed E-state index contributed by atoms with van der Waals surface area (Å²) in [6.45, 7) is 2.47. The summed E-state index contributed by atoms with van der Waals surface area (Å²) in [5.41, 5.74) is 0.362. The van der Waals surface area contributed by atoms with Gasteiger partial charge in [-0.1, -0.05) is 19.1 Å². The van der Waals surface area contributed by atoms with E-state index in [1.54, 1.807) is 24.3 Å². The van der Waals surface area contributed by atoms with Crippen LogP contribution in [0.4, 0.5) is 5.69 Å². The van der Waals surface area contributed by atoms with E-state index in [-0.39, 0.29) is 10.2 Å². The average Bonchev–Trinajstić information content (AvgIpc) is 2.46. The minimum absolute atomic E-state index is 0.0133. The van der Waals surface area contributed by atoms with Gasteiger partial charge in [0.2, 0.25) is 5.28 Å². The summed E-state index contributed by atoms with van der Waals surface area (Å²) < 4.78 is 32.5. The van der Waals surface area contributed by atoms with E-state index in [1.165, 1.54) is 0 Å². The first-order valence-corrected chi connectivity index (χ1v) is 8.11. The predicted octanol–water partition coefficient (Wildman–Crippen LogP) is 2.72. The van der Waals surface area contributed by atoms with Gasteiger partial charge in [0.15, 0.2) is 0 Å². The lowest BCUT2D eigenvalue weighted by Crippen LogP contribution is -2.14. The Labute approximate surface area is 128 Å². The van der Waals surface area contributed by atoms with E-state index < -0.39 is 10.0 Å². The molecule has 1 N–H and O–H groups in total. The lowest BCUT2D eigenvalue weighted by atomic mass is 10.3. The van der Waals surface area contributed by atoms with Crippen molar-refractivity contribution in [1.29, 1.82) is 0 Å². The highest BCUT2D eigenvalue weighted by Crippen LogP contribution is 2.26. The average molecular weight is 328 g/mol. The molecule has 1 heterocycles. The molecule has 21 heavy (non-hydrogen) atoms. The van der Waals surface area contributed by atoms with Crippen molar-refractivity contribution in [3.63, 3.8) is 0 Å². The second-order valence-electron chi connectivity index (χ2n) is 4.14. The molecule has 0 saturated heterocycles. The minimum Gasteiger partial charge on any atom is -0.491 e. The van der Waals surface area contributed by atoms with Crippen molar-refractivity contribution < 1.29 is 13.2 Å². The van der Waals surface area contributed by atoms with Gasteiger partial charge in [0.05, 0.1) is 24.7 Å². The van der Waals surface area contributed by atoms with E-state index in [0.717, 1.165) is 18.8 Å². The Balaban J connectivity index is 2.26. The molecule has 0 spiro atoms. The van der Waals surface area contributed by atoms with E-state index in [4.69, 9.17) is 16.3 Å². The Morgan fingerprint density at radius 2 is 1.90 bits per heavy atom. The topological polar surface area (TPSA) is 81.2 Å². The Morgan fingerprint density at radius 3 is 2.57 bits per heavy atom. The molecular formula is C13H14ClN3O3S. The zero-order valence-electron chi connectivity index (χ0n) is 11.3. The number of halogens is 1. The van der Waals surface area contributed by atoms with E-state index >= 15 is 0 Å². The summed E-state index contributed by atoms with van der Waals surface area (Å²) in [6, 6.07) is 6.81. The molecule has 0 amide bonds. The van der Waals surface area contributed by atoms with Crippen LogP contribution in [0.15, 0.2) is 41.6 Å². The minimum atomic E-state index is -3.79. The van der Waals surface area contributed by atoms with Crippen LogP contribution in [0.25, 0.3) is 0 Å². The van der Waals surface area contributed by atoms with Gasteiger partial charge in [-0.3, -0.25) is 4.72 Å². The molecule has 2 rings (SSSR count). The molecule has 2 aromatic rings. The third-order valence-corrected chi connectivity index (χ3v) is 4.02. The molecule has 112 valence electrons.